The third kappa shape index (κ3) is 4.73. The van der Waals surface area contributed by atoms with Crippen LogP contribution in [-0.2, 0) is 4.74 Å². The van der Waals surface area contributed by atoms with Crippen molar-refractivity contribution >= 4 is 23.1 Å². The van der Waals surface area contributed by atoms with E-state index >= 15 is 0 Å². The van der Waals surface area contributed by atoms with Gasteiger partial charge in [0.2, 0.25) is 0 Å². The van der Waals surface area contributed by atoms with Crippen LogP contribution in [0, 0.1) is 5.92 Å². The molecule has 0 bridgehead atoms. The quantitative estimate of drug-likeness (QED) is 0.827. The number of amides is 1. The number of hydrogen-bond donors (Lipinski definition) is 2. The number of carbonyl (C=O) groups is 1. The Hall–Kier alpha value is -2.06. The molecule has 0 atom stereocenters. The number of carbonyl (C=O) groups excluding carboxylic acids is 1. The summed E-state index contributed by atoms with van der Waals surface area (Å²) >= 11 is 1.12. The Labute approximate surface area is 148 Å². The van der Waals surface area contributed by atoms with E-state index in [0.717, 1.165) is 37.3 Å². The molecular weight excluding hydrogens is 348 g/mol. The minimum absolute atomic E-state index is 0.261. The van der Waals surface area contributed by atoms with Crippen molar-refractivity contribution in [1.82, 2.24) is 10.3 Å². The SMILES string of the molecule is O=C(Nc1ccccc1-c1nc(C(F)F)cs1)OCC1CCNCC1. The van der Waals surface area contributed by atoms with E-state index in [9.17, 15) is 13.6 Å². The third-order valence-corrected chi connectivity index (χ3v) is 4.94. The van der Waals surface area contributed by atoms with Gasteiger partial charge in [-0.15, -0.1) is 11.3 Å². The summed E-state index contributed by atoms with van der Waals surface area (Å²) in [6.07, 6.45) is -1.18. The number of thiazole rings is 1. The van der Waals surface area contributed by atoms with Crippen molar-refractivity contribution in [3.05, 3.63) is 35.3 Å². The Bertz CT molecular complexity index is 717. The fourth-order valence-electron chi connectivity index (χ4n) is 2.68. The number of para-hydroxylation sites is 1. The van der Waals surface area contributed by atoms with E-state index in [1.165, 1.54) is 5.38 Å². The van der Waals surface area contributed by atoms with Crippen LogP contribution in [0.1, 0.15) is 25.0 Å². The first kappa shape index (κ1) is 17.8. The molecule has 2 N–H and O–H groups in total. The normalized spacial score (nSPS) is 15.3. The lowest BCUT2D eigenvalue weighted by atomic mass is 9.99. The highest BCUT2D eigenvalue weighted by molar-refractivity contribution is 7.13. The molecule has 1 saturated heterocycles. The molecule has 0 radical (unpaired) electrons. The van der Waals surface area contributed by atoms with Crippen LogP contribution in [-0.4, -0.2) is 30.8 Å². The van der Waals surface area contributed by atoms with E-state index in [-0.39, 0.29) is 5.69 Å². The maximum atomic E-state index is 12.7. The zero-order chi connectivity index (χ0) is 17.6. The fourth-order valence-corrected chi connectivity index (χ4v) is 3.53. The van der Waals surface area contributed by atoms with Crippen LogP contribution in [0.2, 0.25) is 0 Å². The van der Waals surface area contributed by atoms with Gasteiger partial charge in [0.1, 0.15) is 10.7 Å². The van der Waals surface area contributed by atoms with Crippen LogP contribution in [0.4, 0.5) is 19.3 Å². The lowest BCUT2D eigenvalue weighted by molar-refractivity contribution is 0.131. The highest BCUT2D eigenvalue weighted by Gasteiger charge is 2.18. The Morgan fingerprint density at radius 1 is 1.36 bits per heavy atom. The molecule has 0 unspecified atom stereocenters. The second-order valence-corrected chi connectivity index (χ2v) is 6.70. The molecule has 2 aromatic rings. The summed E-state index contributed by atoms with van der Waals surface area (Å²) in [4.78, 5) is 16.0. The van der Waals surface area contributed by atoms with Crippen LogP contribution in [0.5, 0.6) is 0 Å². The summed E-state index contributed by atoms with van der Waals surface area (Å²) in [7, 11) is 0. The van der Waals surface area contributed by atoms with Gasteiger partial charge in [-0.2, -0.15) is 0 Å². The summed E-state index contributed by atoms with van der Waals surface area (Å²) in [6, 6.07) is 6.96. The number of anilines is 1. The van der Waals surface area contributed by atoms with Gasteiger partial charge >= 0.3 is 6.09 Å². The summed E-state index contributed by atoms with van der Waals surface area (Å²) in [5.74, 6) is 0.370. The summed E-state index contributed by atoms with van der Waals surface area (Å²) in [5.41, 5.74) is 0.828. The second kappa shape index (κ2) is 8.35. The Morgan fingerprint density at radius 3 is 2.84 bits per heavy atom. The summed E-state index contributed by atoms with van der Waals surface area (Å²) < 4.78 is 30.8. The predicted molar refractivity (Wildman–Crippen MR) is 93.1 cm³/mol. The minimum Gasteiger partial charge on any atom is -0.449 e. The summed E-state index contributed by atoms with van der Waals surface area (Å²) in [5, 5.41) is 7.71. The third-order valence-electron chi connectivity index (χ3n) is 4.05. The molecule has 1 fully saturated rings. The van der Waals surface area contributed by atoms with Gasteiger partial charge in [-0.05, 0) is 44.0 Å². The van der Waals surface area contributed by atoms with Crippen LogP contribution in [0.15, 0.2) is 29.6 Å². The number of alkyl halides is 2. The number of rotatable bonds is 5. The average Bonchev–Trinajstić information content (AvgIpc) is 3.12. The number of nitrogens with zero attached hydrogens (tertiary/aromatic N) is 1. The Balaban J connectivity index is 1.64. The zero-order valence-electron chi connectivity index (χ0n) is 13.5. The Morgan fingerprint density at radius 2 is 2.12 bits per heavy atom. The van der Waals surface area contributed by atoms with Gasteiger partial charge in [0.25, 0.3) is 6.43 Å². The number of aromatic nitrogens is 1. The first-order valence-electron chi connectivity index (χ1n) is 8.11. The molecule has 25 heavy (non-hydrogen) atoms. The van der Waals surface area contributed by atoms with Crippen LogP contribution < -0.4 is 10.6 Å². The first-order valence-corrected chi connectivity index (χ1v) is 8.99. The number of ether oxygens (including phenoxy) is 1. The molecule has 0 aliphatic carbocycles. The van der Waals surface area contributed by atoms with E-state index < -0.39 is 12.5 Å². The van der Waals surface area contributed by atoms with Crippen LogP contribution >= 0.6 is 11.3 Å². The van der Waals surface area contributed by atoms with Crippen LogP contribution in [0.3, 0.4) is 0 Å². The van der Waals surface area contributed by atoms with Gasteiger partial charge in [0.05, 0.1) is 12.3 Å². The maximum Gasteiger partial charge on any atom is 0.411 e. The second-order valence-electron chi connectivity index (χ2n) is 5.84. The molecule has 8 heteroatoms. The van der Waals surface area contributed by atoms with Crippen molar-refractivity contribution in [2.45, 2.75) is 19.3 Å². The molecule has 134 valence electrons. The smallest absolute Gasteiger partial charge is 0.411 e. The van der Waals surface area contributed by atoms with Gasteiger partial charge in [-0.3, -0.25) is 5.32 Å². The highest BCUT2D eigenvalue weighted by atomic mass is 32.1. The summed E-state index contributed by atoms with van der Waals surface area (Å²) in [6.45, 7) is 2.26. The van der Waals surface area contributed by atoms with Crippen LogP contribution in [0.25, 0.3) is 10.6 Å². The van der Waals surface area contributed by atoms with E-state index in [4.69, 9.17) is 4.74 Å². The van der Waals surface area contributed by atoms with Crippen molar-refractivity contribution < 1.29 is 18.3 Å². The predicted octanol–water partition coefficient (Wildman–Crippen LogP) is 4.30. The maximum absolute atomic E-state index is 12.7. The molecule has 0 spiro atoms. The van der Waals surface area contributed by atoms with Gasteiger partial charge in [-0.1, -0.05) is 12.1 Å². The van der Waals surface area contributed by atoms with Gasteiger partial charge in [-0.25, -0.2) is 18.6 Å². The molecule has 2 heterocycles. The van der Waals surface area contributed by atoms with Gasteiger partial charge in [0.15, 0.2) is 0 Å². The molecule has 1 aromatic heterocycles. The van der Waals surface area contributed by atoms with E-state index in [0.29, 0.717) is 28.8 Å². The van der Waals surface area contributed by atoms with Crippen molar-refractivity contribution in [3.63, 3.8) is 0 Å². The van der Waals surface area contributed by atoms with E-state index in [1.807, 2.05) is 0 Å². The monoisotopic (exact) mass is 367 g/mol. The zero-order valence-corrected chi connectivity index (χ0v) is 14.3. The van der Waals surface area contributed by atoms with Crippen molar-refractivity contribution in [2.75, 3.05) is 25.0 Å². The van der Waals surface area contributed by atoms with Crippen molar-refractivity contribution in [3.8, 4) is 10.6 Å². The molecule has 1 aliphatic rings. The molecular formula is C17H19F2N3O2S. The van der Waals surface area contributed by atoms with Crippen molar-refractivity contribution in [1.29, 1.82) is 0 Å². The molecule has 0 saturated carbocycles. The fraction of sp³-hybridized carbons (Fsp3) is 0.412. The molecule has 5 nitrogen and oxygen atoms in total. The number of hydrogen-bond acceptors (Lipinski definition) is 5. The largest absolute Gasteiger partial charge is 0.449 e. The molecule has 1 aromatic carbocycles. The average molecular weight is 367 g/mol. The lowest BCUT2D eigenvalue weighted by Gasteiger charge is -2.22. The standard InChI is InChI=1S/C17H19F2N3O2S/c18-15(19)14-10-25-16(21-14)12-3-1-2-4-13(12)22-17(23)24-9-11-5-7-20-8-6-11/h1-4,10-11,15,20H,5-9H2,(H,22,23). The molecule has 3 rings (SSSR count). The molecule has 1 amide bonds. The minimum atomic E-state index is -2.61. The highest BCUT2D eigenvalue weighted by Crippen LogP contribution is 2.33. The first-order chi connectivity index (χ1) is 12.1. The number of piperidine rings is 1. The number of halogens is 2. The number of benzene rings is 1. The number of nitrogens with one attached hydrogen (secondary N) is 2. The lowest BCUT2D eigenvalue weighted by Crippen LogP contribution is -2.31. The van der Waals surface area contributed by atoms with E-state index in [2.05, 4.69) is 15.6 Å². The van der Waals surface area contributed by atoms with Gasteiger partial charge < -0.3 is 10.1 Å². The topological polar surface area (TPSA) is 63.2 Å². The molecule has 1 aliphatic heterocycles. The van der Waals surface area contributed by atoms with E-state index in [1.54, 1.807) is 24.3 Å². The van der Waals surface area contributed by atoms with Gasteiger partial charge in [0, 0.05) is 10.9 Å². The van der Waals surface area contributed by atoms with Crippen molar-refractivity contribution in [2.24, 2.45) is 5.92 Å². The Kier molecular flexibility index (Phi) is 5.93.